The Labute approximate surface area is 181 Å². The molecule has 2 amide bonds. The van der Waals surface area contributed by atoms with E-state index in [1.165, 1.54) is 11.9 Å². The van der Waals surface area contributed by atoms with Crippen LogP contribution in [0.15, 0.2) is 24.4 Å². The monoisotopic (exact) mass is 445 g/mol. The maximum atomic E-state index is 15.0. The first-order valence-electron chi connectivity index (χ1n) is 9.92. The maximum absolute atomic E-state index is 15.0. The third kappa shape index (κ3) is 3.98. The predicted octanol–water partition coefficient (Wildman–Crippen LogP) is 2.42. The van der Waals surface area contributed by atoms with Crippen LogP contribution >= 0.6 is 0 Å². The Morgan fingerprint density at radius 2 is 2.00 bits per heavy atom. The van der Waals surface area contributed by atoms with E-state index in [9.17, 15) is 14.7 Å². The topological polar surface area (TPSA) is 110 Å². The van der Waals surface area contributed by atoms with E-state index in [4.69, 9.17) is 4.74 Å². The smallest absolute Gasteiger partial charge is 0.407 e. The van der Waals surface area contributed by atoms with Crippen molar-refractivity contribution in [1.29, 1.82) is 0 Å². The molecule has 2 aromatic heterocycles. The Kier molecular flexibility index (Phi) is 5.74. The molecule has 32 heavy (non-hydrogen) atoms. The van der Waals surface area contributed by atoms with Crippen molar-refractivity contribution in [3.05, 3.63) is 47.3 Å². The number of amides is 2. The fourth-order valence-electron chi connectivity index (χ4n) is 3.77. The molecule has 0 radical (unpaired) electrons. The van der Waals surface area contributed by atoms with Gasteiger partial charge in [-0.1, -0.05) is 0 Å². The first kappa shape index (κ1) is 21.6. The van der Waals surface area contributed by atoms with E-state index in [-0.39, 0.29) is 37.6 Å². The maximum Gasteiger partial charge on any atom is 0.407 e. The minimum absolute atomic E-state index is 0.00176. The number of rotatable bonds is 4. The average molecular weight is 445 g/mol. The van der Waals surface area contributed by atoms with Gasteiger partial charge in [-0.15, -0.1) is 0 Å². The second-order valence-corrected chi connectivity index (χ2v) is 7.48. The normalized spacial score (nSPS) is 16.4. The van der Waals surface area contributed by atoms with Gasteiger partial charge >= 0.3 is 6.09 Å². The SMILES string of the molecule is CNC(=O)c1cc(F)c(-c2nc3cc(C)ncc3n2CC2CN(C(=O)O)CCO2)c(F)c1. The molecule has 9 nitrogen and oxygen atoms in total. The van der Waals surface area contributed by atoms with Gasteiger partial charge in [0.1, 0.15) is 17.5 Å². The number of carboxylic acid groups (broad SMARTS) is 1. The number of nitrogens with one attached hydrogen (secondary N) is 1. The van der Waals surface area contributed by atoms with Crippen LogP contribution in [-0.2, 0) is 11.3 Å². The van der Waals surface area contributed by atoms with Crippen LogP contribution in [0.1, 0.15) is 16.1 Å². The number of carbonyl (C=O) groups excluding carboxylic acids is 1. The number of ether oxygens (including phenoxy) is 1. The highest BCUT2D eigenvalue weighted by molar-refractivity contribution is 5.94. The van der Waals surface area contributed by atoms with Crippen LogP contribution in [0.5, 0.6) is 0 Å². The van der Waals surface area contributed by atoms with Crippen LogP contribution in [0.2, 0.25) is 0 Å². The summed E-state index contributed by atoms with van der Waals surface area (Å²) in [5, 5.41) is 11.6. The van der Waals surface area contributed by atoms with E-state index < -0.39 is 35.3 Å². The van der Waals surface area contributed by atoms with Gasteiger partial charge in [-0.05, 0) is 25.1 Å². The highest BCUT2D eigenvalue weighted by Crippen LogP contribution is 2.31. The fourth-order valence-corrected chi connectivity index (χ4v) is 3.77. The molecular formula is C21H21F2N5O4. The quantitative estimate of drug-likeness (QED) is 0.638. The summed E-state index contributed by atoms with van der Waals surface area (Å²) in [6.45, 7) is 2.44. The lowest BCUT2D eigenvalue weighted by Gasteiger charge is -2.31. The number of nitrogens with zero attached hydrogens (tertiary/aromatic N) is 4. The molecule has 3 heterocycles. The summed E-state index contributed by atoms with van der Waals surface area (Å²) in [6.07, 6.45) is -0.0602. The van der Waals surface area contributed by atoms with Crippen LogP contribution in [0.4, 0.5) is 13.6 Å². The van der Waals surface area contributed by atoms with Crippen molar-refractivity contribution < 1.29 is 28.2 Å². The summed E-state index contributed by atoms with van der Waals surface area (Å²) in [5.74, 6) is -2.50. The molecule has 1 saturated heterocycles. The van der Waals surface area contributed by atoms with Crippen LogP contribution in [0.3, 0.4) is 0 Å². The lowest BCUT2D eigenvalue weighted by Crippen LogP contribution is -2.46. The molecule has 4 rings (SSSR count). The molecule has 1 atom stereocenters. The zero-order valence-corrected chi connectivity index (χ0v) is 17.4. The Morgan fingerprint density at radius 1 is 1.28 bits per heavy atom. The number of benzene rings is 1. The highest BCUT2D eigenvalue weighted by atomic mass is 19.1. The molecular weight excluding hydrogens is 424 g/mol. The van der Waals surface area contributed by atoms with Gasteiger partial charge in [0.05, 0.1) is 48.6 Å². The van der Waals surface area contributed by atoms with Crippen molar-refractivity contribution in [3.8, 4) is 11.4 Å². The number of halogens is 2. The standard InChI is InChI=1S/C21H21F2N5O4/c1-11-5-16-17(8-25-11)28(10-13-9-27(21(30)31)3-4-32-13)19(26-16)18-14(22)6-12(7-15(18)23)20(29)24-2/h5-8,13H,3-4,9-10H2,1-2H3,(H,24,29)(H,30,31). The van der Waals surface area contributed by atoms with Gasteiger partial charge in [-0.3, -0.25) is 9.78 Å². The summed E-state index contributed by atoms with van der Waals surface area (Å²) >= 11 is 0. The van der Waals surface area contributed by atoms with Gasteiger partial charge in [-0.25, -0.2) is 18.6 Å². The molecule has 3 aromatic rings. The van der Waals surface area contributed by atoms with Crippen molar-refractivity contribution in [2.75, 3.05) is 26.7 Å². The van der Waals surface area contributed by atoms with E-state index in [1.807, 2.05) is 0 Å². The molecule has 0 aliphatic carbocycles. The number of hydrogen-bond donors (Lipinski definition) is 2. The molecule has 1 unspecified atom stereocenters. The number of imidazole rings is 1. The van der Waals surface area contributed by atoms with E-state index in [0.29, 0.717) is 16.7 Å². The number of hydrogen-bond acceptors (Lipinski definition) is 5. The average Bonchev–Trinajstić information content (AvgIpc) is 3.09. The summed E-state index contributed by atoms with van der Waals surface area (Å²) < 4.78 is 37.3. The first-order valence-corrected chi connectivity index (χ1v) is 9.92. The van der Waals surface area contributed by atoms with Gasteiger partial charge in [0.2, 0.25) is 0 Å². The van der Waals surface area contributed by atoms with Crippen LogP contribution in [-0.4, -0.2) is 69.4 Å². The lowest BCUT2D eigenvalue weighted by molar-refractivity contribution is -0.0286. The molecule has 2 N–H and O–H groups in total. The summed E-state index contributed by atoms with van der Waals surface area (Å²) in [6, 6.07) is 3.59. The van der Waals surface area contributed by atoms with Crippen molar-refractivity contribution in [2.45, 2.75) is 19.6 Å². The van der Waals surface area contributed by atoms with Gasteiger partial charge in [0.15, 0.2) is 0 Å². The van der Waals surface area contributed by atoms with Crippen LogP contribution in [0.25, 0.3) is 22.4 Å². The number of fused-ring (bicyclic) bond motifs is 1. The van der Waals surface area contributed by atoms with E-state index in [1.54, 1.807) is 23.8 Å². The summed E-state index contributed by atoms with van der Waals surface area (Å²) in [4.78, 5) is 33.1. The Bertz CT molecular complexity index is 1190. The summed E-state index contributed by atoms with van der Waals surface area (Å²) in [7, 11) is 1.37. The number of pyridine rings is 1. The second kappa shape index (κ2) is 8.50. The van der Waals surface area contributed by atoms with Gasteiger partial charge in [0.25, 0.3) is 5.91 Å². The molecule has 1 fully saturated rings. The zero-order valence-electron chi connectivity index (χ0n) is 17.4. The first-order chi connectivity index (χ1) is 15.3. The minimum Gasteiger partial charge on any atom is -0.465 e. The summed E-state index contributed by atoms with van der Waals surface area (Å²) in [5.41, 5.74) is 1.13. The van der Waals surface area contributed by atoms with Crippen molar-refractivity contribution >= 4 is 23.0 Å². The predicted molar refractivity (Wildman–Crippen MR) is 110 cm³/mol. The molecule has 0 spiro atoms. The second-order valence-electron chi connectivity index (χ2n) is 7.48. The van der Waals surface area contributed by atoms with Crippen LogP contribution in [0, 0.1) is 18.6 Å². The third-order valence-electron chi connectivity index (χ3n) is 5.32. The number of aromatic nitrogens is 3. The minimum atomic E-state index is -1.06. The lowest BCUT2D eigenvalue weighted by atomic mass is 10.1. The van der Waals surface area contributed by atoms with Gasteiger partial charge < -0.3 is 24.6 Å². The van der Waals surface area contributed by atoms with Gasteiger partial charge in [-0.2, -0.15) is 0 Å². The van der Waals surface area contributed by atoms with Crippen LogP contribution < -0.4 is 5.32 Å². The number of aryl methyl sites for hydroxylation is 1. The largest absolute Gasteiger partial charge is 0.465 e. The zero-order chi connectivity index (χ0) is 23.0. The highest BCUT2D eigenvalue weighted by Gasteiger charge is 2.28. The van der Waals surface area contributed by atoms with E-state index in [2.05, 4.69) is 15.3 Å². The fraction of sp³-hybridized carbons (Fsp3) is 0.333. The Morgan fingerprint density at radius 3 is 2.66 bits per heavy atom. The number of carbonyl (C=O) groups is 2. The molecule has 168 valence electrons. The number of morpholine rings is 1. The van der Waals surface area contributed by atoms with E-state index in [0.717, 1.165) is 12.1 Å². The molecule has 1 aromatic carbocycles. The van der Waals surface area contributed by atoms with E-state index >= 15 is 8.78 Å². The third-order valence-corrected chi connectivity index (χ3v) is 5.32. The molecule has 11 heteroatoms. The Balaban J connectivity index is 1.82. The van der Waals surface area contributed by atoms with Gasteiger partial charge in [0, 0.05) is 24.8 Å². The van der Waals surface area contributed by atoms with Crippen molar-refractivity contribution in [2.24, 2.45) is 0 Å². The molecule has 0 bridgehead atoms. The molecule has 1 aliphatic rings. The van der Waals surface area contributed by atoms with Crippen molar-refractivity contribution in [3.63, 3.8) is 0 Å². The molecule has 1 aliphatic heterocycles. The molecule has 0 saturated carbocycles. The Hall–Kier alpha value is -3.60. The van der Waals surface area contributed by atoms with Crippen molar-refractivity contribution in [1.82, 2.24) is 24.8 Å².